The Morgan fingerprint density at radius 1 is 0.841 bits per heavy atom. The molecular formula is C32H38N2O9S. The molecule has 0 amide bonds. The van der Waals surface area contributed by atoms with Gasteiger partial charge in [0.25, 0.3) is 10.1 Å². The highest BCUT2D eigenvalue weighted by molar-refractivity contribution is 7.87. The number of carboxylic acids is 2. The Hall–Kier alpha value is -3.97. The van der Waals surface area contributed by atoms with Crippen molar-refractivity contribution in [3.63, 3.8) is 0 Å². The van der Waals surface area contributed by atoms with Crippen molar-refractivity contribution in [3.8, 4) is 11.5 Å². The predicted molar refractivity (Wildman–Crippen MR) is 162 cm³/mol. The van der Waals surface area contributed by atoms with E-state index >= 15 is 0 Å². The molecule has 1 aliphatic heterocycles. The van der Waals surface area contributed by atoms with Gasteiger partial charge in [0, 0.05) is 29.8 Å². The first-order valence-electron chi connectivity index (χ1n) is 14.2. The molecule has 0 radical (unpaired) electrons. The van der Waals surface area contributed by atoms with Crippen LogP contribution in [0.3, 0.4) is 0 Å². The second kappa shape index (κ2) is 12.6. The smallest absolute Gasteiger partial charge is 0.317 e. The number of phenols is 2. The molecule has 11 nitrogen and oxygen atoms in total. The molecule has 0 fully saturated rings. The molecule has 0 saturated heterocycles. The number of aromatic hydroxyl groups is 2. The van der Waals surface area contributed by atoms with E-state index in [0.29, 0.717) is 44.5 Å². The molecule has 1 atom stereocenters. The van der Waals surface area contributed by atoms with Gasteiger partial charge in [0.15, 0.2) is 5.60 Å². The molecule has 3 aromatic rings. The van der Waals surface area contributed by atoms with Crippen molar-refractivity contribution >= 4 is 22.1 Å². The van der Waals surface area contributed by atoms with E-state index < -0.39 is 27.7 Å². The molecule has 0 aliphatic carbocycles. The summed E-state index contributed by atoms with van der Waals surface area (Å²) in [4.78, 5) is 22.4. The second-order valence-electron chi connectivity index (χ2n) is 11.6. The number of fused-ring (bicyclic) bond motifs is 1. The van der Waals surface area contributed by atoms with E-state index in [9.17, 15) is 33.3 Å². The van der Waals surface area contributed by atoms with Crippen molar-refractivity contribution in [2.45, 2.75) is 70.0 Å². The molecule has 1 aliphatic rings. The van der Waals surface area contributed by atoms with Crippen LogP contribution < -0.4 is 10.6 Å². The van der Waals surface area contributed by atoms with Crippen LogP contribution in [0, 0.1) is 6.92 Å². The van der Waals surface area contributed by atoms with E-state index in [4.69, 9.17) is 9.29 Å². The number of carboxylic acid groups (broad SMARTS) is 2. The van der Waals surface area contributed by atoms with E-state index in [1.54, 1.807) is 43.3 Å². The monoisotopic (exact) mass is 626 g/mol. The Balaban J connectivity index is 2.12. The average Bonchev–Trinajstić information content (AvgIpc) is 3.18. The van der Waals surface area contributed by atoms with Crippen molar-refractivity contribution in [2.75, 3.05) is 13.1 Å². The fourth-order valence-electron chi connectivity index (χ4n) is 5.74. The number of nitrogens with one attached hydrogen (secondary N) is 2. The van der Waals surface area contributed by atoms with Gasteiger partial charge in [-0.05, 0) is 70.8 Å². The largest absolute Gasteiger partial charge is 0.507 e. The lowest BCUT2D eigenvalue weighted by Gasteiger charge is -2.34. The maximum Gasteiger partial charge on any atom is 0.317 e. The van der Waals surface area contributed by atoms with Gasteiger partial charge in [0.05, 0.1) is 13.1 Å². The van der Waals surface area contributed by atoms with Crippen LogP contribution in [0.25, 0.3) is 0 Å². The van der Waals surface area contributed by atoms with Crippen molar-refractivity contribution in [2.24, 2.45) is 0 Å². The summed E-state index contributed by atoms with van der Waals surface area (Å²) in [5.41, 5.74) is 1.61. The third kappa shape index (κ3) is 6.03. The molecule has 0 spiro atoms. The minimum absolute atomic E-state index is 0.0147. The number of hydrogen-bond donors (Lipinski definition) is 6. The standard InChI is InChI=1S/C32H38N2O9S/c1-17(2)22-11-21(10-20(30(22)39)13-33-15-28(35)36)32(25-8-6-7-9-27(25)44(41,42)43-32)26-12-23(18(3)4)31(40)24(19(26)5)14-34-16-29(37)38/h6-12,17-18,33-34,39-40H,13-16H2,1-5H3,(H,35,36)(H,37,38)/t32-/m1/s1. The second-order valence-corrected chi connectivity index (χ2v) is 13.1. The fraction of sp³-hybridized carbons (Fsp3) is 0.375. The molecule has 0 unspecified atom stereocenters. The highest BCUT2D eigenvalue weighted by Crippen LogP contribution is 2.54. The van der Waals surface area contributed by atoms with Crippen molar-refractivity contribution in [1.82, 2.24) is 10.6 Å². The summed E-state index contributed by atoms with van der Waals surface area (Å²) in [6.07, 6.45) is 0. The lowest BCUT2D eigenvalue weighted by molar-refractivity contribution is -0.137. The van der Waals surface area contributed by atoms with Crippen molar-refractivity contribution in [3.05, 3.63) is 87.0 Å². The minimum Gasteiger partial charge on any atom is -0.507 e. The van der Waals surface area contributed by atoms with Crippen LogP contribution in [0.4, 0.5) is 0 Å². The van der Waals surface area contributed by atoms with Crippen molar-refractivity contribution < 1.29 is 42.6 Å². The SMILES string of the molecule is Cc1c([C@]2(c3cc(CNCC(=O)O)c(O)c(C(C)C)c3)OS(=O)(=O)c3ccccc32)cc(C(C)C)c(O)c1CNCC(=O)O. The van der Waals surface area contributed by atoms with Crippen LogP contribution in [0.5, 0.6) is 11.5 Å². The number of aliphatic carboxylic acids is 2. The van der Waals surface area contributed by atoms with Gasteiger partial charge < -0.3 is 31.1 Å². The summed E-state index contributed by atoms with van der Waals surface area (Å²) in [5, 5.41) is 46.5. The minimum atomic E-state index is -4.31. The summed E-state index contributed by atoms with van der Waals surface area (Å²) in [5.74, 6) is -2.65. The van der Waals surface area contributed by atoms with E-state index in [1.807, 2.05) is 27.7 Å². The summed E-state index contributed by atoms with van der Waals surface area (Å²) in [6, 6.07) is 11.4. The molecule has 236 valence electrons. The van der Waals surface area contributed by atoms with Gasteiger partial charge in [-0.15, -0.1) is 0 Å². The highest BCUT2D eigenvalue weighted by atomic mass is 32.2. The summed E-state index contributed by atoms with van der Waals surface area (Å²) < 4.78 is 33.6. The molecule has 0 bridgehead atoms. The van der Waals surface area contributed by atoms with E-state index in [2.05, 4.69) is 10.6 Å². The molecule has 6 N–H and O–H groups in total. The Bertz CT molecular complexity index is 1720. The molecule has 4 rings (SSSR count). The number of carbonyl (C=O) groups is 2. The lowest BCUT2D eigenvalue weighted by atomic mass is 9.74. The molecule has 1 heterocycles. The average molecular weight is 627 g/mol. The van der Waals surface area contributed by atoms with Gasteiger partial charge in [0.1, 0.15) is 16.4 Å². The number of rotatable bonds is 12. The fourth-order valence-corrected chi connectivity index (χ4v) is 7.16. The van der Waals surface area contributed by atoms with Crippen molar-refractivity contribution in [1.29, 1.82) is 0 Å². The van der Waals surface area contributed by atoms with Gasteiger partial charge in [-0.25, -0.2) is 4.18 Å². The zero-order valence-electron chi connectivity index (χ0n) is 25.3. The topological polar surface area (TPSA) is 182 Å². The Kier molecular flexibility index (Phi) is 9.40. The first-order valence-corrected chi connectivity index (χ1v) is 15.6. The third-order valence-electron chi connectivity index (χ3n) is 7.90. The van der Waals surface area contributed by atoms with Crippen LogP contribution in [0.15, 0.2) is 47.4 Å². The van der Waals surface area contributed by atoms with Gasteiger partial charge in [-0.1, -0.05) is 45.9 Å². The maximum absolute atomic E-state index is 13.7. The zero-order chi connectivity index (χ0) is 32.6. The van der Waals surface area contributed by atoms with Gasteiger partial charge >= 0.3 is 11.9 Å². The third-order valence-corrected chi connectivity index (χ3v) is 9.27. The number of phenolic OH excluding ortho intramolecular Hbond substituents is 2. The van der Waals surface area contributed by atoms with Crippen LogP contribution in [0.2, 0.25) is 0 Å². The van der Waals surface area contributed by atoms with Crippen LogP contribution in [0.1, 0.15) is 84.0 Å². The van der Waals surface area contributed by atoms with E-state index in [0.717, 1.165) is 0 Å². The molecule has 0 aromatic heterocycles. The first-order chi connectivity index (χ1) is 20.6. The molecule has 44 heavy (non-hydrogen) atoms. The van der Waals surface area contributed by atoms with E-state index in [-0.39, 0.29) is 54.4 Å². The quantitative estimate of drug-likeness (QED) is 0.160. The summed E-state index contributed by atoms with van der Waals surface area (Å²) in [7, 11) is -4.31. The van der Waals surface area contributed by atoms with Gasteiger partial charge in [-0.2, -0.15) is 8.42 Å². The normalized spacial score (nSPS) is 17.2. The van der Waals surface area contributed by atoms with Gasteiger partial charge in [-0.3, -0.25) is 9.59 Å². The molecule has 0 saturated carbocycles. The molecular weight excluding hydrogens is 588 g/mol. The highest BCUT2D eigenvalue weighted by Gasteiger charge is 2.52. The lowest BCUT2D eigenvalue weighted by Crippen LogP contribution is -2.32. The Labute approximate surface area is 256 Å². The Morgan fingerprint density at radius 3 is 2.00 bits per heavy atom. The zero-order valence-corrected chi connectivity index (χ0v) is 26.1. The van der Waals surface area contributed by atoms with Crippen LogP contribution >= 0.6 is 0 Å². The Morgan fingerprint density at radius 2 is 1.41 bits per heavy atom. The molecule has 12 heteroatoms. The van der Waals surface area contributed by atoms with Gasteiger partial charge in [0.2, 0.25) is 0 Å². The first kappa shape index (κ1) is 32.9. The van der Waals surface area contributed by atoms with Crippen LogP contribution in [-0.4, -0.2) is 53.9 Å². The predicted octanol–water partition coefficient (Wildman–Crippen LogP) is 4.01. The number of benzene rings is 3. The molecule has 3 aromatic carbocycles. The summed E-state index contributed by atoms with van der Waals surface area (Å²) >= 11 is 0. The maximum atomic E-state index is 13.7. The number of hydrogen-bond acceptors (Lipinski definition) is 9. The summed E-state index contributed by atoms with van der Waals surface area (Å²) in [6.45, 7) is 8.45. The van der Waals surface area contributed by atoms with E-state index in [1.165, 1.54) is 6.07 Å². The van der Waals surface area contributed by atoms with Crippen LogP contribution in [-0.2, 0) is 42.6 Å².